The van der Waals surface area contributed by atoms with Crippen LogP contribution in [0.5, 0.6) is 5.75 Å². The minimum Gasteiger partial charge on any atom is -0.508 e. The highest BCUT2D eigenvalue weighted by Crippen LogP contribution is 2.44. The van der Waals surface area contributed by atoms with Crippen molar-refractivity contribution in [3.05, 3.63) is 29.8 Å². The molecule has 21 heavy (non-hydrogen) atoms. The number of hydrogen-bond donors (Lipinski definition) is 2. The van der Waals surface area contributed by atoms with E-state index in [0.717, 1.165) is 18.4 Å². The van der Waals surface area contributed by atoms with Gasteiger partial charge in [0.2, 0.25) is 5.91 Å². The SMILES string of the molecule is O=C(O)[C@H]1CN(C(=O)Cc2ccc(O)cc2)C[C@@H]1C1CC1. The van der Waals surface area contributed by atoms with Crippen molar-refractivity contribution in [2.24, 2.45) is 17.8 Å². The second-order valence-electron chi connectivity index (χ2n) is 6.09. The van der Waals surface area contributed by atoms with Gasteiger partial charge in [0.15, 0.2) is 0 Å². The third-order valence-electron chi connectivity index (χ3n) is 4.55. The van der Waals surface area contributed by atoms with Gasteiger partial charge in [-0.25, -0.2) is 0 Å². The topological polar surface area (TPSA) is 77.8 Å². The summed E-state index contributed by atoms with van der Waals surface area (Å²) in [5.74, 6) is -0.459. The molecule has 1 saturated carbocycles. The number of carbonyl (C=O) groups is 2. The molecule has 0 radical (unpaired) electrons. The van der Waals surface area contributed by atoms with Gasteiger partial charge in [0.1, 0.15) is 5.75 Å². The number of carbonyl (C=O) groups excluding carboxylic acids is 1. The molecule has 2 atom stereocenters. The largest absolute Gasteiger partial charge is 0.508 e. The smallest absolute Gasteiger partial charge is 0.308 e. The summed E-state index contributed by atoms with van der Waals surface area (Å²) in [7, 11) is 0. The number of rotatable bonds is 4. The van der Waals surface area contributed by atoms with E-state index in [2.05, 4.69) is 0 Å². The summed E-state index contributed by atoms with van der Waals surface area (Å²) in [6, 6.07) is 6.55. The van der Waals surface area contributed by atoms with E-state index in [9.17, 15) is 19.8 Å². The molecule has 0 bridgehead atoms. The van der Waals surface area contributed by atoms with Crippen LogP contribution in [-0.4, -0.2) is 40.1 Å². The van der Waals surface area contributed by atoms with Crippen LogP contribution < -0.4 is 0 Å². The summed E-state index contributed by atoms with van der Waals surface area (Å²) >= 11 is 0. The van der Waals surface area contributed by atoms with E-state index in [0.29, 0.717) is 19.0 Å². The van der Waals surface area contributed by atoms with Crippen molar-refractivity contribution in [3.8, 4) is 5.75 Å². The highest BCUT2D eigenvalue weighted by molar-refractivity contribution is 5.81. The highest BCUT2D eigenvalue weighted by Gasteiger charge is 2.46. The molecule has 0 spiro atoms. The average Bonchev–Trinajstić information content (AvgIpc) is 3.19. The number of aromatic hydroxyl groups is 1. The van der Waals surface area contributed by atoms with Crippen molar-refractivity contribution >= 4 is 11.9 Å². The molecule has 2 N–H and O–H groups in total. The van der Waals surface area contributed by atoms with Crippen LogP contribution in [0.1, 0.15) is 18.4 Å². The Bertz CT molecular complexity index is 550. The number of likely N-dealkylation sites (tertiary alicyclic amines) is 1. The molecule has 112 valence electrons. The van der Waals surface area contributed by atoms with Crippen molar-refractivity contribution in [2.45, 2.75) is 19.3 Å². The Morgan fingerprint density at radius 3 is 2.38 bits per heavy atom. The van der Waals surface area contributed by atoms with Gasteiger partial charge in [-0.1, -0.05) is 12.1 Å². The van der Waals surface area contributed by atoms with Crippen LogP contribution in [-0.2, 0) is 16.0 Å². The Morgan fingerprint density at radius 2 is 1.81 bits per heavy atom. The third kappa shape index (κ3) is 3.01. The maximum Gasteiger partial charge on any atom is 0.308 e. The fourth-order valence-electron chi connectivity index (χ4n) is 3.20. The zero-order valence-corrected chi connectivity index (χ0v) is 11.7. The van der Waals surface area contributed by atoms with Crippen LogP contribution in [0.15, 0.2) is 24.3 Å². The van der Waals surface area contributed by atoms with Gasteiger partial charge in [-0.05, 0) is 42.4 Å². The summed E-state index contributed by atoms with van der Waals surface area (Å²) in [5.41, 5.74) is 0.833. The standard InChI is InChI=1S/C16H19NO4/c18-12-5-1-10(2-6-12)7-15(19)17-8-13(11-3-4-11)14(9-17)16(20)21/h1-2,5-6,11,13-14,18H,3-4,7-9H2,(H,20,21)/t13-,14+/m1/s1. The van der Waals surface area contributed by atoms with E-state index in [1.165, 1.54) is 0 Å². The van der Waals surface area contributed by atoms with Crippen molar-refractivity contribution in [1.82, 2.24) is 4.90 Å². The Labute approximate surface area is 123 Å². The zero-order chi connectivity index (χ0) is 15.0. The number of phenolic OH excluding ortho intramolecular Hbond substituents is 1. The predicted octanol–water partition coefficient (Wildman–Crippen LogP) is 1.50. The normalized spacial score (nSPS) is 25.0. The highest BCUT2D eigenvalue weighted by atomic mass is 16.4. The summed E-state index contributed by atoms with van der Waals surface area (Å²) in [5, 5.41) is 18.6. The van der Waals surface area contributed by atoms with Crippen molar-refractivity contribution in [3.63, 3.8) is 0 Å². The summed E-state index contributed by atoms with van der Waals surface area (Å²) < 4.78 is 0. The molecule has 1 amide bonds. The van der Waals surface area contributed by atoms with Gasteiger partial charge in [-0.15, -0.1) is 0 Å². The van der Waals surface area contributed by atoms with Crippen LogP contribution in [0, 0.1) is 17.8 Å². The Balaban J connectivity index is 1.65. The maximum atomic E-state index is 12.3. The number of phenols is 1. The molecule has 1 aliphatic carbocycles. The lowest BCUT2D eigenvalue weighted by Crippen LogP contribution is -2.31. The number of amides is 1. The van der Waals surface area contributed by atoms with Gasteiger partial charge >= 0.3 is 5.97 Å². The molecular formula is C16H19NO4. The Hall–Kier alpha value is -2.04. The van der Waals surface area contributed by atoms with Gasteiger partial charge in [-0.3, -0.25) is 9.59 Å². The molecular weight excluding hydrogens is 270 g/mol. The van der Waals surface area contributed by atoms with E-state index < -0.39 is 11.9 Å². The maximum absolute atomic E-state index is 12.3. The molecule has 1 saturated heterocycles. The van der Waals surface area contributed by atoms with Crippen LogP contribution >= 0.6 is 0 Å². The summed E-state index contributed by atoms with van der Waals surface area (Å²) in [4.78, 5) is 25.4. The van der Waals surface area contributed by atoms with E-state index >= 15 is 0 Å². The van der Waals surface area contributed by atoms with Gasteiger partial charge in [0, 0.05) is 13.1 Å². The van der Waals surface area contributed by atoms with Crippen LogP contribution in [0.3, 0.4) is 0 Å². The first-order chi connectivity index (χ1) is 10.0. The second-order valence-corrected chi connectivity index (χ2v) is 6.09. The summed E-state index contributed by atoms with van der Waals surface area (Å²) in [6.07, 6.45) is 2.44. The molecule has 1 aliphatic heterocycles. The number of aliphatic carboxylic acids is 1. The van der Waals surface area contributed by atoms with Crippen LogP contribution in [0.4, 0.5) is 0 Å². The number of nitrogens with zero attached hydrogens (tertiary/aromatic N) is 1. The van der Waals surface area contributed by atoms with E-state index in [-0.39, 0.29) is 24.0 Å². The quantitative estimate of drug-likeness (QED) is 0.880. The molecule has 1 heterocycles. The third-order valence-corrected chi connectivity index (χ3v) is 4.55. The molecule has 0 unspecified atom stereocenters. The lowest BCUT2D eigenvalue weighted by atomic mass is 9.92. The van der Waals surface area contributed by atoms with E-state index in [4.69, 9.17) is 0 Å². The number of carboxylic acid groups (broad SMARTS) is 1. The van der Waals surface area contributed by atoms with Gasteiger partial charge in [0.25, 0.3) is 0 Å². The molecule has 0 aromatic heterocycles. The minimum absolute atomic E-state index is 0.0323. The number of carboxylic acids is 1. The first-order valence-corrected chi connectivity index (χ1v) is 7.33. The predicted molar refractivity (Wildman–Crippen MR) is 75.7 cm³/mol. The van der Waals surface area contributed by atoms with Crippen LogP contribution in [0.2, 0.25) is 0 Å². The number of hydrogen-bond acceptors (Lipinski definition) is 3. The van der Waals surface area contributed by atoms with Crippen molar-refractivity contribution in [2.75, 3.05) is 13.1 Å². The average molecular weight is 289 g/mol. The first-order valence-electron chi connectivity index (χ1n) is 7.33. The summed E-state index contributed by atoms with van der Waals surface area (Å²) in [6.45, 7) is 0.895. The Kier molecular flexibility index (Phi) is 3.57. The molecule has 3 rings (SSSR count). The second kappa shape index (κ2) is 5.39. The van der Waals surface area contributed by atoms with E-state index in [1.54, 1.807) is 29.2 Å². The molecule has 2 fully saturated rings. The number of benzene rings is 1. The lowest BCUT2D eigenvalue weighted by molar-refractivity contribution is -0.142. The van der Waals surface area contributed by atoms with Gasteiger partial charge in [0.05, 0.1) is 12.3 Å². The minimum atomic E-state index is -0.785. The van der Waals surface area contributed by atoms with Gasteiger partial charge < -0.3 is 15.1 Å². The molecule has 5 nitrogen and oxygen atoms in total. The van der Waals surface area contributed by atoms with Crippen molar-refractivity contribution < 1.29 is 19.8 Å². The molecule has 1 aromatic carbocycles. The molecule has 5 heteroatoms. The monoisotopic (exact) mass is 289 g/mol. The van der Waals surface area contributed by atoms with Crippen LogP contribution in [0.25, 0.3) is 0 Å². The lowest BCUT2D eigenvalue weighted by Gasteiger charge is -2.16. The fourth-order valence-corrected chi connectivity index (χ4v) is 3.20. The van der Waals surface area contributed by atoms with Gasteiger partial charge in [-0.2, -0.15) is 0 Å². The van der Waals surface area contributed by atoms with E-state index in [1.807, 2.05) is 0 Å². The molecule has 1 aromatic rings. The van der Waals surface area contributed by atoms with Crippen molar-refractivity contribution in [1.29, 1.82) is 0 Å². The Morgan fingerprint density at radius 1 is 1.14 bits per heavy atom. The zero-order valence-electron chi connectivity index (χ0n) is 11.7. The fraction of sp³-hybridized carbons (Fsp3) is 0.500. The first kappa shape index (κ1) is 13.9. The molecule has 2 aliphatic rings.